The van der Waals surface area contributed by atoms with Gasteiger partial charge in [0.15, 0.2) is 0 Å². The number of piperidine rings is 1. The minimum Gasteiger partial charge on any atom is -0.315 e. The van der Waals surface area contributed by atoms with Gasteiger partial charge in [0.2, 0.25) is 0 Å². The van der Waals surface area contributed by atoms with Crippen molar-refractivity contribution in [2.75, 3.05) is 26.2 Å². The second-order valence-corrected chi connectivity index (χ2v) is 5.89. The lowest BCUT2D eigenvalue weighted by atomic mass is 9.77. The molecule has 1 saturated carbocycles. The molecule has 2 saturated heterocycles. The molecule has 2 nitrogen and oxygen atoms in total. The van der Waals surface area contributed by atoms with Crippen molar-refractivity contribution in [1.29, 1.82) is 0 Å². The zero-order valence-corrected chi connectivity index (χ0v) is 9.80. The van der Waals surface area contributed by atoms with Crippen molar-refractivity contribution in [3.63, 3.8) is 0 Å². The van der Waals surface area contributed by atoms with E-state index >= 15 is 0 Å². The van der Waals surface area contributed by atoms with Gasteiger partial charge in [0, 0.05) is 12.6 Å². The lowest BCUT2D eigenvalue weighted by molar-refractivity contribution is 0.0818. The van der Waals surface area contributed by atoms with Gasteiger partial charge >= 0.3 is 0 Å². The van der Waals surface area contributed by atoms with E-state index in [1.807, 2.05) is 0 Å². The van der Waals surface area contributed by atoms with Gasteiger partial charge in [-0.3, -0.25) is 4.90 Å². The van der Waals surface area contributed by atoms with Crippen LogP contribution in [0.1, 0.15) is 44.9 Å². The lowest BCUT2D eigenvalue weighted by Crippen LogP contribution is -2.45. The molecule has 1 spiro atoms. The Morgan fingerprint density at radius 1 is 1.00 bits per heavy atom. The standard InChI is InChI=1S/C13H24N2/c1-2-5-13(4-1)6-9-15(10-7-13)12-3-8-14-11-12/h12,14H,1-11H2/t12-/m0/s1. The molecule has 15 heavy (non-hydrogen) atoms. The predicted molar refractivity (Wildman–Crippen MR) is 63.0 cm³/mol. The molecule has 3 aliphatic rings. The molecule has 1 atom stereocenters. The summed E-state index contributed by atoms with van der Waals surface area (Å²) >= 11 is 0. The summed E-state index contributed by atoms with van der Waals surface area (Å²) in [5, 5.41) is 3.49. The summed E-state index contributed by atoms with van der Waals surface area (Å²) in [6, 6.07) is 0.865. The molecule has 1 N–H and O–H groups in total. The fraction of sp³-hybridized carbons (Fsp3) is 1.00. The van der Waals surface area contributed by atoms with Crippen molar-refractivity contribution in [2.45, 2.75) is 51.0 Å². The Hall–Kier alpha value is -0.0800. The number of likely N-dealkylation sites (tertiary alicyclic amines) is 1. The van der Waals surface area contributed by atoms with Crippen molar-refractivity contribution in [2.24, 2.45) is 5.41 Å². The molecule has 86 valence electrons. The van der Waals surface area contributed by atoms with Crippen molar-refractivity contribution in [3.05, 3.63) is 0 Å². The van der Waals surface area contributed by atoms with Crippen LogP contribution in [0.4, 0.5) is 0 Å². The summed E-state index contributed by atoms with van der Waals surface area (Å²) in [6.45, 7) is 5.25. The van der Waals surface area contributed by atoms with E-state index in [4.69, 9.17) is 0 Å². The molecular weight excluding hydrogens is 184 g/mol. The highest BCUT2D eigenvalue weighted by molar-refractivity contribution is 4.92. The normalized spacial score (nSPS) is 36.4. The first kappa shape index (κ1) is 10.1. The fourth-order valence-electron chi connectivity index (χ4n) is 3.94. The number of hydrogen-bond acceptors (Lipinski definition) is 2. The molecule has 0 unspecified atom stereocenters. The first-order valence-corrected chi connectivity index (χ1v) is 6.83. The van der Waals surface area contributed by atoms with E-state index in [2.05, 4.69) is 10.2 Å². The zero-order valence-electron chi connectivity index (χ0n) is 9.80. The molecule has 2 aliphatic heterocycles. The second-order valence-electron chi connectivity index (χ2n) is 5.89. The summed E-state index contributed by atoms with van der Waals surface area (Å²) in [5.74, 6) is 0. The van der Waals surface area contributed by atoms with Gasteiger partial charge < -0.3 is 5.32 Å². The van der Waals surface area contributed by atoms with Gasteiger partial charge in [-0.15, -0.1) is 0 Å². The van der Waals surface area contributed by atoms with Crippen LogP contribution in [0.2, 0.25) is 0 Å². The van der Waals surface area contributed by atoms with Crippen LogP contribution in [-0.2, 0) is 0 Å². The molecule has 0 radical (unpaired) electrons. The molecule has 0 amide bonds. The van der Waals surface area contributed by atoms with Crippen LogP contribution in [0.3, 0.4) is 0 Å². The third-order valence-electron chi connectivity index (χ3n) is 5.07. The van der Waals surface area contributed by atoms with E-state index < -0.39 is 0 Å². The largest absolute Gasteiger partial charge is 0.315 e. The van der Waals surface area contributed by atoms with E-state index in [1.165, 1.54) is 71.1 Å². The van der Waals surface area contributed by atoms with Crippen LogP contribution in [0.5, 0.6) is 0 Å². The van der Waals surface area contributed by atoms with Crippen LogP contribution in [0, 0.1) is 5.41 Å². The number of rotatable bonds is 1. The SMILES string of the molecule is C1CCC2(C1)CCN([C@H]1CCNC1)CC2. The van der Waals surface area contributed by atoms with Crippen LogP contribution in [0.25, 0.3) is 0 Å². The summed E-state index contributed by atoms with van der Waals surface area (Å²) < 4.78 is 0. The van der Waals surface area contributed by atoms with Crippen molar-refractivity contribution in [3.8, 4) is 0 Å². The average molecular weight is 208 g/mol. The minimum atomic E-state index is 0.794. The maximum Gasteiger partial charge on any atom is 0.0232 e. The molecule has 0 aromatic carbocycles. The number of hydrogen-bond donors (Lipinski definition) is 1. The van der Waals surface area contributed by atoms with Gasteiger partial charge in [-0.25, -0.2) is 0 Å². The Balaban J connectivity index is 1.55. The average Bonchev–Trinajstić information content (AvgIpc) is 2.91. The monoisotopic (exact) mass is 208 g/mol. The van der Waals surface area contributed by atoms with Crippen LogP contribution in [-0.4, -0.2) is 37.1 Å². The molecule has 3 fully saturated rings. The summed E-state index contributed by atoms with van der Waals surface area (Å²) in [6.07, 6.45) is 10.4. The maximum absolute atomic E-state index is 3.49. The topological polar surface area (TPSA) is 15.3 Å². The molecule has 0 aromatic rings. The second kappa shape index (κ2) is 4.06. The van der Waals surface area contributed by atoms with Gasteiger partial charge in [-0.1, -0.05) is 12.8 Å². The van der Waals surface area contributed by atoms with Crippen molar-refractivity contribution in [1.82, 2.24) is 10.2 Å². The summed E-state index contributed by atoms with van der Waals surface area (Å²) in [5.41, 5.74) is 0.794. The highest BCUT2D eigenvalue weighted by Crippen LogP contribution is 2.46. The van der Waals surface area contributed by atoms with Crippen LogP contribution >= 0.6 is 0 Å². The third-order valence-corrected chi connectivity index (χ3v) is 5.07. The van der Waals surface area contributed by atoms with Crippen molar-refractivity contribution < 1.29 is 0 Å². The highest BCUT2D eigenvalue weighted by Gasteiger charge is 2.38. The fourth-order valence-corrected chi connectivity index (χ4v) is 3.94. The maximum atomic E-state index is 3.49. The Labute approximate surface area is 93.4 Å². The van der Waals surface area contributed by atoms with Gasteiger partial charge in [-0.2, -0.15) is 0 Å². The van der Waals surface area contributed by atoms with Crippen LogP contribution < -0.4 is 5.32 Å². The van der Waals surface area contributed by atoms with E-state index in [0.29, 0.717) is 0 Å². The van der Waals surface area contributed by atoms with Gasteiger partial charge in [0.1, 0.15) is 0 Å². The quantitative estimate of drug-likeness (QED) is 0.709. The Morgan fingerprint density at radius 2 is 1.73 bits per heavy atom. The first-order chi connectivity index (χ1) is 7.38. The molecule has 2 heterocycles. The zero-order chi connectivity index (χ0) is 10.1. The van der Waals surface area contributed by atoms with Gasteiger partial charge in [-0.05, 0) is 57.2 Å². The Morgan fingerprint density at radius 3 is 2.33 bits per heavy atom. The van der Waals surface area contributed by atoms with Gasteiger partial charge in [0.05, 0.1) is 0 Å². The molecule has 0 bridgehead atoms. The third kappa shape index (κ3) is 1.94. The first-order valence-electron chi connectivity index (χ1n) is 6.83. The number of nitrogens with zero attached hydrogens (tertiary/aromatic N) is 1. The summed E-state index contributed by atoms with van der Waals surface area (Å²) in [4.78, 5) is 2.75. The molecular formula is C13H24N2. The Bertz CT molecular complexity index is 205. The molecule has 0 aromatic heterocycles. The van der Waals surface area contributed by atoms with Crippen LogP contribution in [0.15, 0.2) is 0 Å². The smallest absolute Gasteiger partial charge is 0.0232 e. The van der Waals surface area contributed by atoms with Crippen molar-refractivity contribution >= 4 is 0 Å². The Kier molecular flexibility index (Phi) is 2.73. The minimum absolute atomic E-state index is 0.794. The highest BCUT2D eigenvalue weighted by atomic mass is 15.2. The molecule has 2 heteroatoms. The molecule has 1 aliphatic carbocycles. The van der Waals surface area contributed by atoms with Gasteiger partial charge in [0.25, 0.3) is 0 Å². The van der Waals surface area contributed by atoms with E-state index in [-0.39, 0.29) is 0 Å². The summed E-state index contributed by atoms with van der Waals surface area (Å²) in [7, 11) is 0. The lowest BCUT2D eigenvalue weighted by Gasteiger charge is -2.41. The number of nitrogens with one attached hydrogen (secondary N) is 1. The predicted octanol–water partition coefficient (Wildman–Crippen LogP) is 2.00. The van der Waals surface area contributed by atoms with E-state index in [9.17, 15) is 0 Å². The molecule has 3 rings (SSSR count). The van der Waals surface area contributed by atoms with E-state index in [1.54, 1.807) is 0 Å². The van der Waals surface area contributed by atoms with E-state index in [0.717, 1.165) is 11.5 Å².